The van der Waals surface area contributed by atoms with Crippen molar-refractivity contribution in [1.82, 2.24) is 19.5 Å². The highest BCUT2D eigenvalue weighted by molar-refractivity contribution is 7.12. The van der Waals surface area contributed by atoms with Gasteiger partial charge >= 0.3 is 0 Å². The Bertz CT molecular complexity index is 1210. The molecule has 3 aromatic heterocycles. The van der Waals surface area contributed by atoms with Gasteiger partial charge in [0.1, 0.15) is 23.9 Å². The molecule has 0 aliphatic carbocycles. The first kappa shape index (κ1) is 20.7. The van der Waals surface area contributed by atoms with Crippen molar-refractivity contribution in [2.75, 3.05) is 37.7 Å². The number of fused-ring (bicyclic) bond motifs is 2. The smallest absolute Gasteiger partial charge is 0.268 e. The first-order valence-corrected chi connectivity index (χ1v) is 12.5. The molecule has 3 aliphatic heterocycles. The number of aromatic nitrogens is 3. The molecule has 10 heteroatoms. The average molecular weight is 469 g/mol. The Morgan fingerprint density at radius 1 is 1.21 bits per heavy atom. The fourth-order valence-corrected chi connectivity index (χ4v) is 5.99. The number of ether oxygens (including phenoxy) is 2. The summed E-state index contributed by atoms with van der Waals surface area (Å²) in [4.78, 5) is 23.3. The standard InChI is InChI=1S/C23H28N6O3S/c1-14-11-29-19(25-22(14)27-7-5-15(24)12-27)10-16(26-29)17-4-2-3-6-28(17)23(30)21-20-18(13-33-21)31-8-9-32-20/h10-11,13,15,17H,2-9,12,24H2,1H3/t15?,17-/m0/s1. The Morgan fingerprint density at radius 3 is 2.94 bits per heavy atom. The van der Waals surface area contributed by atoms with Crippen LogP contribution in [-0.2, 0) is 0 Å². The minimum Gasteiger partial charge on any atom is -0.485 e. The van der Waals surface area contributed by atoms with Gasteiger partial charge in [-0.05, 0) is 32.6 Å². The number of nitrogens with two attached hydrogens (primary N) is 1. The summed E-state index contributed by atoms with van der Waals surface area (Å²) in [5, 5.41) is 6.71. The maximum Gasteiger partial charge on any atom is 0.268 e. The van der Waals surface area contributed by atoms with E-state index in [2.05, 4.69) is 11.8 Å². The number of carbonyl (C=O) groups is 1. The molecule has 33 heavy (non-hydrogen) atoms. The predicted octanol–water partition coefficient (Wildman–Crippen LogP) is 2.78. The Kier molecular flexibility index (Phi) is 5.14. The third kappa shape index (κ3) is 3.61. The number of hydrogen-bond acceptors (Lipinski definition) is 8. The topological polar surface area (TPSA) is 98.2 Å². The van der Waals surface area contributed by atoms with Gasteiger partial charge in [0.2, 0.25) is 0 Å². The van der Waals surface area contributed by atoms with Crippen LogP contribution in [0.15, 0.2) is 17.6 Å². The molecule has 3 aliphatic rings. The van der Waals surface area contributed by atoms with Gasteiger partial charge in [0, 0.05) is 48.9 Å². The van der Waals surface area contributed by atoms with Crippen LogP contribution >= 0.6 is 11.3 Å². The fraction of sp³-hybridized carbons (Fsp3) is 0.522. The molecular weight excluding hydrogens is 440 g/mol. The van der Waals surface area contributed by atoms with Crippen molar-refractivity contribution in [2.45, 2.75) is 44.7 Å². The number of aryl methyl sites for hydroxylation is 1. The molecule has 2 N–H and O–H groups in total. The van der Waals surface area contributed by atoms with Crippen LogP contribution in [0.5, 0.6) is 11.5 Å². The van der Waals surface area contributed by atoms with Crippen molar-refractivity contribution in [3.8, 4) is 11.5 Å². The first-order valence-electron chi connectivity index (χ1n) is 11.6. The van der Waals surface area contributed by atoms with E-state index in [0.29, 0.717) is 36.1 Å². The molecule has 1 unspecified atom stereocenters. The monoisotopic (exact) mass is 468 g/mol. The van der Waals surface area contributed by atoms with Crippen molar-refractivity contribution >= 4 is 28.7 Å². The molecular formula is C23H28N6O3S. The second-order valence-electron chi connectivity index (χ2n) is 9.08. The number of anilines is 1. The molecule has 3 aromatic rings. The molecule has 0 spiro atoms. The molecule has 2 atom stereocenters. The SMILES string of the molecule is Cc1cn2nc([C@@H]3CCCCN3C(=O)c3scc4c3OCCO4)cc2nc1N1CCC(N)C1. The Labute approximate surface area is 196 Å². The zero-order chi connectivity index (χ0) is 22.5. The van der Waals surface area contributed by atoms with Crippen LogP contribution in [0.4, 0.5) is 5.82 Å². The van der Waals surface area contributed by atoms with Crippen LogP contribution in [0, 0.1) is 6.92 Å². The molecule has 2 saturated heterocycles. The van der Waals surface area contributed by atoms with Crippen LogP contribution in [0.25, 0.3) is 5.65 Å². The quantitative estimate of drug-likeness (QED) is 0.631. The first-order chi connectivity index (χ1) is 16.1. The van der Waals surface area contributed by atoms with Gasteiger partial charge in [-0.25, -0.2) is 9.50 Å². The van der Waals surface area contributed by atoms with E-state index in [-0.39, 0.29) is 18.0 Å². The summed E-state index contributed by atoms with van der Waals surface area (Å²) in [6.07, 6.45) is 5.94. The van der Waals surface area contributed by atoms with Gasteiger partial charge in [0.15, 0.2) is 17.1 Å². The second-order valence-corrected chi connectivity index (χ2v) is 9.96. The van der Waals surface area contributed by atoms with Crippen molar-refractivity contribution in [2.24, 2.45) is 5.73 Å². The number of rotatable bonds is 3. The van der Waals surface area contributed by atoms with Gasteiger partial charge in [-0.15, -0.1) is 11.3 Å². The number of amides is 1. The second kappa shape index (κ2) is 8.18. The zero-order valence-electron chi connectivity index (χ0n) is 18.7. The molecule has 0 aromatic carbocycles. The van der Waals surface area contributed by atoms with E-state index in [4.69, 9.17) is 25.3 Å². The van der Waals surface area contributed by atoms with E-state index < -0.39 is 0 Å². The highest BCUT2D eigenvalue weighted by Gasteiger charge is 2.34. The zero-order valence-corrected chi connectivity index (χ0v) is 19.5. The maximum atomic E-state index is 13.6. The largest absolute Gasteiger partial charge is 0.485 e. The summed E-state index contributed by atoms with van der Waals surface area (Å²) in [5.74, 6) is 2.22. The third-order valence-corrected chi connectivity index (χ3v) is 7.68. The summed E-state index contributed by atoms with van der Waals surface area (Å²) in [5.41, 5.74) is 8.87. The van der Waals surface area contributed by atoms with Crippen molar-refractivity contribution in [3.63, 3.8) is 0 Å². The van der Waals surface area contributed by atoms with Crippen LogP contribution in [-0.4, -0.2) is 64.3 Å². The normalized spacial score (nSPS) is 22.8. The number of carbonyl (C=O) groups excluding carboxylic acids is 1. The van der Waals surface area contributed by atoms with Gasteiger partial charge in [0.25, 0.3) is 5.91 Å². The molecule has 2 fully saturated rings. The molecule has 174 valence electrons. The van der Waals surface area contributed by atoms with E-state index in [1.165, 1.54) is 11.3 Å². The minimum atomic E-state index is -0.0841. The molecule has 6 rings (SSSR count). The number of likely N-dealkylation sites (tertiary alicyclic amines) is 1. The number of thiophene rings is 1. The lowest BCUT2D eigenvalue weighted by Crippen LogP contribution is -2.38. The van der Waals surface area contributed by atoms with Crippen molar-refractivity contribution in [1.29, 1.82) is 0 Å². The molecule has 6 heterocycles. The molecule has 0 saturated carbocycles. The van der Waals surface area contributed by atoms with Gasteiger partial charge in [0.05, 0.1) is 11.7 Å². The summed E-state index contributed by atoms with van der Waals surface area (Å²) in [7, 11) is 0. The lowest BCUT2D eigenvalue weighted by atomic mass is 9.99. The van der Waals surface area contributed by atoms with Gasteiger partial charge in [-0.2, -0.15) is 5.10 Å². The highest BCUT2D eigenvalue weighted by atomic mass is 32.1. The predicted molar refractivity (Wildman–Crippen MR) is 125 cm³/mol. The fourth-order valence-electron chi connectivity index (χ4n) is 5.10. The Balaban J connectivity index is 1.32. The number of hydrogen-bond donors (Lipinski definition) is 1. The lowest BCUT2D eigenvalue weighted by Gasteiger charge is -2.34. The molecule has 0 radical (unpaired) electrons. The molecule has 9 nitrogen and oxygen atoms in total. The Hall–Kier alpha value is -2.85. The lowest BCUT2D eigenvalue weighted by molar-refractivity contribution is 0.0603. The van der Waals surface area contributed by atoms with Crippen LogP contribution in [0.1, 0.15) is 52.7 Å². The maximum absolute atomic E-state index is 13.6. The third-order valence-electron chi connectivity index (χ3n) is 6.75. The molecule has 0 bridgehead atoms. The van der Waals surface area contributed by atoms with E-state index >= 15 is 0 Å². The summed E-state index contributed by atoms with van der Waals surface area (Å²) >= 11 is 1.39. The summed E-state index contributed by atoms with van der Waals surface area (Å²) in [6.45, 7) is 5.50. The number of nitrogens with zero attached hydrogens (tertiary/aromatic N) is 5. The summed E-state index contributed by atoms with van der Waals surface area (Å²) < 4.78 is 13.3. The van der Waals surface area contributed by atoms with E-state index in [9.17, 15) is 4.79 Å². The van der Waals surface area contributed by atoms with Gasteiger partial charge in [-0.1, -0.05) is 0 Å². The molecule has 1 amide bonds. The van der Waals surface area contributed by atoms with E-state index in [0.717, 1.165) is 61.5 Å². The Morgan fingerprint density at radius 2 is 2.09 bits per heavy atom. The van der Waals surface area contributed by atoms with E-state index in [1.54, 1.807) is 0 Å². The van der Waals surface area contributed by atoms with Crippen LogP contribution in [0.3, 0.4) is 0 Å². The minimum absolute atomic E-state index is 0.00982. The van der Waals surface area contributed by atoms with Crippen molar-refractivity contribution in [3.05, 3.63) is 33.8 Å². The van der Waals surface area contributed by atoms with Crippen LogP contribution in [0.2, 0.25) is 0 Å². The summed E-state index contributed by atoms with van der Waals surface area (Å²) in [6, 6.07) is 2.14. The average Bonchev–Trinajstić information content (AvgIpc) is 3.55. The highest BCUT2D eigenvalue weighted by Crippen LogP contribution is 2.42. The van der Waals surface area contributed by atoms with Crippen LogP contribution < -0.4 is 20.1 Å². The van der Waals surface area contributed by atoms with Gasteiger partial charge < -0.3 is 25.0 Å². The number of piperidine rings is 1. The van der Waals surface area contributed by atoms with E-state index in [1.807, 2.05) is 27.1 Å². The van der Waals surface area contributed by atoms with Gasteiger partial charge in [-0.3, -0.25) is 4.79 Å². The van der Waals surface area contributed by atoms with Crippen molar-refractivity contribution < 1.29 is 14.3 Å².